The number of nitrogens with zero attached hydrogens (tertiary/aromatic N) is 2. The van der Waals surface area contributed by atoms with Crippen LogP contribution in [0.4, 0.5) is 10.1 Å². The number of nitrogens with one attached hydrogen (secondary N) is 1. The van der Waals surface area contributed by atoms with Crippen LogP contribution < -0.4 is 16.6 Å². The highest BCUT2D eigenvalue weighted by Gasteiger charge is 2.18. The molecule has 0 aliphatic heterocycles. The van der Waals surface area contributed by atoms with Gasteiger partial charge in [0.1, 0.15) is 17.2 Å². The van der Waals surface area contributed by atoms with E-state index in [2.05, 4.69) is 5.32 Å². The van der Waals surface area contributed by atoms with Crippen molar-refractivity contribution in [2.24, 2.45) is 0 Å². The van der Waals surface area contributed by atoms with Crippen LogP contribution >= 0.6 is 22.9 Å². The SMILES string of the molecule is Cc1cc2c(=O)n(-c3ccccc3)c(=O)n(CC(=O)Nc3ccc(Cl)c(F)c3)c2s1. The van der Waals surface area contributed by atoms with Gasteiger partial charge in [-0.2, -0.15) is 0 Å². The van der Waals surface area contributed by atoms with Crippen molar-refractivity contribution in [3.8, 4) is 5.69 Å². The maximum absolute atomic E-state index is 13.6. The van der Waals surface area contributed by atoms with E-state index in [9.17, 15) is 18.8 Å². The summed E-state index contributed by atoms with van der Waals surface area (Å²) in [4.78, 5) is 40.0. The highest BCUT2D eigenvalue weighted by atomic mass is 35.5. The van der Waals surface area contributed by atoms with Crippen LogP contribution in [0, 0.1) is 12.7 Å². The third kappa shape index (κ3) is 3.67. The van der Waals surface area contributed by atoms with Crippen molar-refractivity contribution in [2.45, 2.75) is 13.5 Å². The normalized spacial score (nSPS) is 11.0. The first-order chi connectivity index (χ1) is 14.3. The predicted octanol–water partition coefficient (Wildman–Crippen LogP) is 3.95. The van der Waals surface area contributed by atoms with E-state index in [1.54, 1.807) is 36.4 Å². The molecule has 2 heterocycles. The summed E-state index contributed by atoms with van der Waals surface area (Å²) in [5.74, 6) is -1.20. The fourth-order valence-corrected chi connectivity index (χ4v) is 4.24. The number of anilines is 1. The molecule has 30 heavy (non-hydrogen) atoms. The van der Waals surface area contributed by atoms with Crippen molar-refractivity contribution in [3.63, 3.8) is 0 Å². The minimum absolute atomic E-state index is 0.0603. The molecule has 2 aromatic heterocycles. The van der Waals surface area contributed by atoms with Gasteiger partial charge in [0, 0.05) is 10.6 Å². The van der Waals surface area contributed by atoms with Crippen LogP contribution in [0.15, 0.2) is 64.2 Å². The molecule has 0 aliphatic carbocycles. The van der Waals surface area contributed by atoms with E-state index in [4.69, 9.17) is 11.6 Å². The van der Waals surface area contributed by atoms with Gasteiger partial charge in [0.25, 0.3) is 5.56 Å². The minimum Gasteiger partial charge on any atom is -0.324 e. The molecule has 0 aliphatic rings. The molecule has 0 fully saturated rings. The van der Waals surface area contributed by atoms with Gasteiger partial charge in [0.2, 0.25) is 5.91 Å². The molecular weight excluding hydrogens is 429 g/mol. The lowest BCUT2D eigenvalue weighted by molar-refractivity contribution is -0.116. The fraction of sp³-hybridized carbons (Fsp3) is 0.0952. The fourth-order valence-electron chi connectivity index (χ4n) is 3.13. The lowest BCUT2D eigenvalue weighted by Gasteiger charge is -2.12. The highest BCUT2D eigenvalue weighted by Crippen LogP contribution is 2.22. The molecule has 0 unspecified atom stereocenters. The Bertz CT molecular complexity index is 1390. The quantitative estimate of drug-likeness (QED) is 0.519. The summed E-state index contributed by atoms with van der Waals surface area (Å²) in [7, 11) is 0. The predicted molar refractivity (Wildman–Crippen MR) is 116 cm³/mol. The lowest BCUT2D eigenvalue weighted by atomic mass is 10.3. The molecule has 4 rings (SSSR count). The number of fused-ring (bicyclic) bond motifs is 1. The van der Waals surface area contributed by atoms with Crippen LogP contribution in [-0.4, -0.2) is 15.0 Å². The molecule has 0 spiro atoms. The second kappa shape index (κ2) is 7.89. The topological polar surface area (TPSA) is 73.1 Å². The van der Waals surface area contributed by atoms with Crippen LogP contribution in [0.3, 0.4) is 0 Å². The molecule has 0 saturated carbocycles. The summed E-state index contributed by atoms with van der Waals surface area (Å²) < 4.78 is 15.9. The van der Waals surface area contributed by atoms with E-state index in [1.165, 1.54) is 28.0 Å². The first-order valence-corrected chi connectivity index (χ1v) is 10.1. The molecule has 0 saturated heterocycles. The van der Waals surface area contributed by atoms with Gasteiger partial charge in [0.05, 0.1) is 16.1 Å². The van der Waals surface area contributed by atoms with Gasteiger partial charge in [-0.25, -0.2) is 13.8 Å². The van der Waals surface area contributed by atoms with Crippen molar-refractivity contribution in [1.82, 2.24) is 9.13 Å². The van der Waals surface area contributed by atoms with E-state index >= 15 is 0 Å². The van der Waals surface area contributed by atoms with E-state index in [0.717, 1.165) is 15.5 Å². The number of carbonyl (C=O) groups excluding carboxylic acids is 1. The second-order valence-electron chi connectivity index (χ2n) is 6.60. The van der Waals surface area contributed by atoms with E-state index in [0.29, 0.717) is 15.9 Å². The second-order valence-corrected chi connectivity index (χ2v) is 8.24. The number of thiophene rings is 1. The van der Waals surface area contributed by atoms with Gasteiger partial charge >= 0.3 is 5.69 Å². The molecule has 4 aromatic rings. The van der Waals surface area contributed by atoms with Crippen molar-refractivity contribution in [2.75, 3.05) is 5.32 Å². The number of hydrogen-bond acceptors (Lipinski definition) is 4. The van der Waals surface area contributed by atoms with Crippen LogP contribution in [0.25, 0.3) is 15.9 Å². The van der Waals surface area contributed by atoms with Crippen LogP contribution in [0.5, 0.6) is 0 Å². The molecule has 0 radical (unpaired) electrons. The number of para-hydroxylation sites is 1. The largest absolute Gasteiger partial charge is 0.337 e. The standard InChI is InChI=1S/C21H15ClFN3O3S/c1-12-9-15-19(28)26(14-5-3-2-4-6-14)21(29)25(20(15)30-12)11-18(27)24-13-7-8-16(22)17(23)10-13/h2-10H,11H2,1H3,(H,24,27). The smallest absolute Gasteiger partial charge is 0.324 e. The number of carbonyl (C=O) groups is 1. The van der Waals surface area contributed by atoms with Crippen molar-refractivity contribution in [1.29, 1.82) is 0 Å². The van der Waals surface area contributed by atoms with E-state index in [1.807, 2.05) is 6.92 Å². The lowest BCUT2D eigenvalue weighted by Crippen LogP contribution is -2.40. The Morgan fingerprint density at radius 2 is 1.87 bits per heavy atom. The van der Waals surface area contributed by atoms with Gasteiger partial charge in [-0.15, -0.1) is 11.3 Å². The first-order valence-electron chi connectivity index (χ1n) is 8.91. The molecule has 2 aromatic carbocycles. The zero-order valence-corrected chi connectivity index (χ0v) is 17.3. The van der Waals surface area contributed by atoms with Crippen molar-refractivity contribution >= 4 is 44.7 Å². The Morgan fingerprint density at radius 3 is 2.57 bits per heavy atom. The average molecular weight is 444 g/mol. The Morgan fingerprint density at radius 1 is 1.13 bits per heavy atom. The number of halogens is 2. The zero-order chi connectivity index (χ0) is 21.4. The van der Waals surface area contributed by atoms with Crippen molar-refractivity contribution < 1.29 is 9.18 Å². The summed E-state index contributed by atoms with van der Waals surface area (Å²) in [6, 6.07) is 14.1. The average Bonchev–Trinajstić information content (AvgIpc) is 3.11. The summed E-state index contributed by atoms with van der Waals surface area (Å²) in [5, 5.41) is 2.84. The maximum atomic E-state index is 13.6. The Kier molecular flexibility index (Phi) is 5.27. The molecule has 0 bridgehead atoms. The molecule has 0 atom stereocenters. The number of amides is 1. The molecule has 9 heteroatoms. The summed E-state index contributed by atoms with van der Waals surface area (Å²) in [6.45, 7) is 1.48. The zero-order valence-electron chi connectivity index (χ0n) is 15.7. The molecule has 1 N–H and O–H groups in total. The molecule has 1 amide bonds. The van der Waals surface area contributed by atoms with Crippen LogP contribution in [0.2, 0.25) is 5.02 Å². The summed E-state index contributed by atoms with van der Waals surface area (Å²) in [5.41, 5.74) is -0.447. The highest BCUT2D eigenvalue weighted by molar-refractivity contribution is 7.18. The van der Waals surface area contributed by atoms with Crippen LogP contribution in [-0.2, 0) is 11.3 Å². The molecule has 6 nitrogen and oxygen atoms in total. The van der Waals surface area contributed by atoms with E-state index < -0.39 is 23.0 Å². The van der Waals surface area contributed by atoms with Gasteiger partial charge < -0.3 is 5.32 Å². The number of aryl methyl sites for hydroxylation is 1. The Hall–Kier alpha value is -3.23. The first kappa shape index (κ1) is 20.1. The van der Waals surface area contributed by atoms with Gasteiger partial charge in [0.15, 0.2) is 0 Å². The summed E-state index contributed by atoms with van der Waals surface area (Å²) >= 11 is 6.92. The van der Waals surface area contributed by atoms with Gasteiger partial charge in [-0.1, -0.05) is 29.8 Å². The number of aromatic nitrogens is 2. The maximum Gasteiger partial charge on any atom is 0.337 e. The number of benzene rings is 2. The minimum atomic E-state index is -0.666. The Balaban J connectivity index is 1.80. The molecule has 152 valence electrons. The van der Waals surface area contributed by atoms with Gasteiger partial charge in [-0.3, -0.25) is 14.2 Å². The number of rotatable bonds is 4. The van der Waals surface area contributed by atoms with Crippen molar-refractivity contribution in [3.05, 3.63) is 91.2 Å². The third-order valence-corrected chi connectivity index (χ3v) is 5.84. The monoisotopic (exact) mass is 443 g/mol. The van der Waals surface area contributed by atoms with Gasteiger partial charge in [-0.05, 0) is 43.3 Å². The van der Waals surface area contributed by atoms with E-state index in [-0.39, 0.29) is 17.3 Å². The third-order valence-electron chi connectivity index (χ3n) is 4.46. The van der Waals surface area contributed by atoms with Crippen LogP contribution in [0.1, 0.15) is 4.88 Å². The Labute approximate surface area is 178 Å². The summed E-state index contributed by atoms with van der Waals surface area (Å²) in [6.07, 6.45) is 0. The number of hydrogen-bond donors (Lipinski definition) is 1. The molecular formula is C21H15ClFN3O3S.